The second-order valence-electron chi connectivity index (χ2n) is 11.9. The van der Waals surface area contributed by atoms with E-state index in [0.29, 0.717) is 49.4 Å². The Balaban J connectivity index is 1.46. The van der Waals surface area contributed by atoms with E-state index in [1.807, 2.05) is 26.0 Å². The number of allylic oxidation sites excluding steroid dienone is 1. The molecule has 0 saturated carbocycles. The number of carbonyl (C=O) groups is 4. The lowest BCUT2D eigenvalue weighted by Gasteiger charge is -2.28. The van der Waals surface area contributed by atoms with Crippen molar-refractivity contribution in [2.75, 3.05) is 45.1 Å². The van der Waals surface area contributed by atoms with Gasteiger partial charge in [-0.2, -0.15) is 5.26 Å². The van der Waals surface area contributed by atoms with Gasteiger partial charge in [0.1, 0.15) is 34.8 Å². The number of hydrogen-bond donors (Lipinski definition) is 2. The maximum atomic E-state index is 13.8. The zero-order valence-corrected chi connectivity index (χ0v) is 26.6. The molecule has 0 spiro atoms. The van der Waals surface area contributed by atoms with Crippen LogP contribution < -0.4 is 10.6 Å². The Kier molecular flexibility index (Phi) is 10.1. The van der Waals surface area contributed by atoms with Gasteiger partial charge in [-0.3, -0.25) is 19.2 Å². The summed E-state index contributed by atoms with van der Waals surface area (Å²) in [5.41, 5.74) is 1.71. The third kappa shape index (κ3) is 7.23. The molecule has 0 unspecified atom stereocenters. The minimum atomic E-state index is -0.767. The van der Waals surface area contributed by atoms with Crippen molar-refractivity contribution in [3.8, 4) is 6.07 Å². The smallest absolute Gasteiger partial charge is 0.253 e. The first-order valence-corrected chi connectivity index (χ1v) is 15.8. The van der Waals surface area contributed by atoms with Crippen LogP contribution in [0.25, 0.3) is 11.0 Å². The molecule has 11 nitrogen and oxygen atoms in total. The van der Waals surface area contributed by atoms with Crippen molar-refractivity contribution < 1.29 is 23.6 Å². The summed E-state index contributed by atoms with van der Waals surface area (Å²) in [4.78, 5) is 58.1. The number of fused-ring (bicyclic) bond motifs is 1. The number of benzene rings is 2. The molecule has 11 heteroatoms. The Morgan fingerprint density at radius 3 is 2.39 bits per heavy atom. The van der Waals surface area contributed by atoms with Gasteiger partial charge in [0.25, 0.3) is 5.91 Å². The highest BCUT2D eigenvalue weighted by Gasteiger charge is 2.32. The summed E-state index contributed by atoms with van der Waals surface area (Å²) in [6.07, 6.45) is 3.86. The normalized spacial score (nSPS) is 17.3. The first-order valence-electron chi connectivity index (χ1n) is 15.8. The highest BCUT2D eigenvalue weighted by molar-refractivity contribution is 6.12. The zero-order chi connectivity index (χ0) is 32.8. The van der Waals surface area contributed by atoms with Crippen LogP contribution in [0, 0.1) is 18.3 Å². The predicted octanol–water partition coefficient (Wildman–Crippen LogP) is 4.46. The van der Waals surface area contributed by atoms with Gasteiger partial charge in [-0.15, -0.1) is 0 Å². The molecule has 3 amide bonds. The Hall–Kier alpha value is -5.11. The number of ketones is 1. The molecular formula is C35H40N6O5. The number of aryl methyl sites for hydroxylation is 1. The lowest BCUT2D eigenvalue weighted by molar-refractivity contribution is -0.140. The van der Waals surface area contributed by atoms with Crippen LogP contribution in [0.15, 0.2) is 64.3 Å². The molecule has 46 heavy (non-hydrogen) atoms. The van der Waals surface area contributed by atoms with E-state index in [4.69, 9.17) is 4.42 Å². The Labute approximate surface area is 268 Å². The standard InChI is InChI=1S/C35H40N6O5/c1-4-39(3)34(44)25-12-10-24(11-13-25)32(43)28(21-36)33(37-27-14-15-30-26(20-27)19-23(2)46-30)38-29-9-5-6-18-41(35(29)45)22-31(42)40-16-7-8-17-40/h10-15,19-20,29,37-38H,4-9,16-18,22H2,1-3H3/t29-/m0/s1. The van der Waals surface area contributed by atoms with E-state index < -0.39 is 11.8 Å². The van der Waals surface area contributed by atoms with Crippen LogP contribution in [-0.4, -0.2) is 84.0 Å². The average molecular weight is 625 g/mol. The number of carbonyl (C=O) groups excluding carboxylic acids is 4. The van der Waals surface area contributed by atoms with Crippen molar-refractivity contribution in [2.45, 2.75) is 52.0 Å². The van der Waals surface area contributed by atoms with E-state index in [1.54, 1.807) is 46.0 Å². The van der Waals surface area contributed by atoms with Crippen LogP contribution in [0.5, 0.6) is 0 Å². The topological polar surface area (TPSA) is 139 Å². The van der Waals surface area contributed by atoms with Crippen LogP contribution >= 0.6 is 0 Å². The summed E-state index contributed by atoms with van der Waals surface area (Å²) in [5, 5.41) is 17.6. The van der Waals surface area contributed by atoms with Crippen molar-refractivity contribution in [1.29, 1.82) is 5.26 Å². The average Bonchev–Trinajstić information content (AvgIpc) is 3.70. The lowest BCUT2D eigenvalue weighted by Crippen LogP contribution is -2.49. The minimum absolute atomic E-state index is 0.00231. The third-order valence-corrected chi connectivity index (χ3v) is 8.60. The Bertz CT molecular complexity index is 1700. The number of rotatable bonds is 10. The summed E-state index contributed by atoms with van der Waals surface area (Å²) in [6, 6.07) is 14.8. The van der Waals surface area contributed by atoms with Gasteiger partial charge in [0.2, 0.25) is 17.6 Å². The van der Waals surface area contributed by atoms with E-state index in [2.05, 4.69) is 16.7 Å². The van der Waals surface area contributed by atoms with Crippen LogP contribution in [0.1, 0.15) is 65.5 Å². The molecule has 0 aliphatic carbocycles. The molecular weight excluding hydrogens is 584 g/mol. The summed E-state index contributed by atoms with van der Waals surface area (Å²) < 4.78 is 5.70. The predicted molar refractivity (Wildman–Crippen MR) is 174 cm³/mol. The van der Waals surface area contributed by atoms with Gasteiger partial charge in [0.15, 0.2) is 0 Å². The summed E-state index contributed by atoms with van der Waals surface area (Å²) in [5.74, 6) is -0.228. The zero-order valence-electron chi connectivity index (χ0n) is 26.6. The molecule has 2 aromatic carbocycles. The van der Waals surface area contributed by atoms with Crippen LogP contribution in [0.3, 0.4) is 0 Å². The Morgan fingerprint density at radius 2 is 1.70 bits per heavy atom. The third-order valence-electron chi connectivity index (χ3n) is 8.60. The van der Waals surface area contributed by atoms with E-state index in [9.17, 15) is 24.4 Å². The molecule has 2 aliphatic heterocycles. The second kappa shape index (κ2) is 14.3. The number of anilines is 1. The Morgan fingerprint density at radius 1 is 1.00 bits per heavy atom. The largest absolute Gasteiger partial charge is 0.461 e. The van der Waals surface area contributed by atoms with E-state index in [-0.39, 0.29) is 41.2 Å². The molecule has 5 rings (SSSR count). The number of likely N-dealkylation sites (tertiary alicyclic amines) is 2. The van der Waals surface area contributed by atoms with Gasteiger partial charge in [-0.25, -0.2) is 0 Å². The van der Waals surface area contributed by atoms with Crippen molar-refractivity contribution in [3.05, 3.63) is 76.8 Å². The van der Waals surface area contributed by atoms with E-state index in [1.165, 1.54) is 12.1 Å². The number of furan rings is 1. The lowest BCUT2D eigenvalue weighted by atomic mass is 10.0. The van der Waals surface area contributed by atoms with Gasteiger partial charge in [0, 0.05) is 55.4 Å². The van der Waals surface area contributed by atoms with Crippen molar-refractivity contribution in [2.24, 2.45) is 0 Å². The van der Waals surface area contributed by atoms with Crippen molar-refractivity contribution in [1.82, 2.24) is 20.0 Å². The van der Waals surface area contributed by atoms with Gasteiger partial charge in [0.05, 0.1) is 6.54 Å². The monoisotopic (exact) mass is 624 g/mol. The molecule has 0 bridgehead atoms. The fourth-order valence-corrected chi connectivity index (χ4v) is 5.86. The molecule has 2 fully saturated rings. The van der Waals surface area contributed by atoms with Crippen molar-refractivity contribution in [3.63, 3.8) is 0 Å². The fourth-order valence-electron chi connectivity index (χ4n) is 5.86. The molecule has 3 heterocycles. The SMILES string of the molecule is CCN(C)C(=O)c1ccc(C(=O)C(C#N)=C(Nc2ccc3oc(C)cc3c2)N[C@H]2CCCCN(CC(=O)N3CCCC3)C2=O)cc1. The van der Waals surface area contributed by atoms with Crippen molar-refractivity contribution >= 4 is 40.2 Å². The molecule has 2 N–H and O–H groups in total. The quantitative estimate of drug-likeness (QED) is 0.192. The molecule has 240 valence electrons. The number of hydrogen-bond acceptors (Lipinski definition) is 8. The molecule has 0 radical (unpaired) electrons. The maximum Gasteiger partial charge on any atom is 0.253 e. The van der Waals surface area contributed by atoms with E-state index in [0.717, 1.165) is 36.8 Å². The highest BCUT2D eigenvalue weighted by atomic mass is 16.3. The molecule has 2 saturated heterocycles. The minimum Gasteiger partial charge on any atom is -0.461 e. The van der Waals surface area contributed by atoms with Gasteiger partial charge in [-0.1, -0.05) is 12.1 Å². The maximum absolute atomic E-state index is 13.8. The number of nitriles is 1. The number of amides is 3. The summed E-state index contributed by atoms with van der Waals surface area (Å²) in [6.45, 7) is 6.13. The first kappa shape index (κ1) is 32.3. The van der Waals surface area contributed by atoms with Crippen LogP contribution in [0.2, 0.25) is 0 Å². The summed E-state index contributed by atoms with van der Waals surface area (Å²) in [7, 11) is 1.70. The van der Waals surface area contributed by atoms with Gasteiger partial charge >= 0.3 is 0 Å². The second-order valence-corrected chi connectivity index (χ2v) is 11.9. The first-order chi connectivity index (χ1) is 22.2. The van der Waals surface area contributed by atoms with Gasteiger partial charge in [-0.05, 0) is 82.3 Å². The number of nitrogens with one attached hydrogen (secondary N) is 2. The molecule has 3 aromatic rings. The molecule has 2 aliphatic rings. The number of Topliss-reactive ketones (excluding diaryl/α,β-unsaturated/α-hetero) is 1. The number of nitrogens with zero attached hydrogens (tertiary/aromatic N) is 4. The molecule has 1 atom stereocenters. The highest BCUT2D eigenvalue weighted by Crippen LogP contribution is 2.25. The summed E-state index contributed by atoms with van der Waals surface area (Å²) >= 11 is 0. The van der Waals surface area contributed by atoms with Crippen LogP contribution in [0.4, 0.5) is 5.69 Å². The van der Waals surface area contributed by atoms with Gasteiger partial charge < -0.3 is 29.8 Å². The van der Waals surface area contributed by atoms with E-state index >= 15 is 0 Å². The van der Waals surface area contributed by atoms with Crippen LogP contribution in [-0.2, 0) is 9.59 Å². The molecule has 1 aromatic heterocycles. The fraction of sp³-hybridized carbons (Fsp3) is 0.400.